The van der Waals surface area contributed by atoms with E-state index in [9.17, 15) is 13.6 Å². The minimum Gasteiger partial charge on any atom is -0.488 e. The summed E-state index contributed by atoms with van der Waals surface area (Å²) >= 11 is 3.41. The van der Waals surface area contributed by atoms with Gasteiger partial charge in [0.1, 0.15) is 35.2 Å². The number of carbonyl (C=O) groups excluding carboxylic acids is 1. The lowest BCUT2D eigenvalue weighted by Crippen LogP contribution is -2.62. The molecule has 2 aliphatic heterocycles. The van der Waals surface area contributed by atoms with Gasteiger partial charge < -0.3 is 19.5 Å². The quantitative estimate of drug-likeness (QED) is 0.565. The van der Waals surface area contributed by atoms with Crippen LogP contribution in [0.15, 0.2) is 46.9 Å². The summed E-state index contributed by atoms with van der Waals surface area (Å²) in [5, 5.41) is 2.82. The number of carbonyl (C=O) groups is 1. The van der Waals surface area contributed by atoms with E-state index in [0.29, 0.717) is 26.1 Å². The molecule has 2 fully saturated rings. The van der Waals surface area contributed by atoms with Crippen molar-refractivity contribution in [1.82, 2.24) is 10.2 Å². The first-order chi connectivity index (χ1) is 16.1. The number of nitrogens with one attached hydrogen (secondary N) is 1. The van der Waals surface area contributed by atoms with Gasteiger partial charge in [0.15, 0.2) is 0 Å². The number of hydrogen-bond donors (Lipinski definition) is 1. The second-order valence-electron chi connectivity index (χ2n) is 9.71. The van der Waals surface area contributed by atoms with Crippen molar-refractivity contribution in [3.8, 4) is 5.75 Å². The first kappa shape index (κ1) is 24.9. The van der Waals surface area contributed by atoms with Gasteiger partial charge in [0, 0.05) is 29.2 Å². The second-order valence-corrected chi connectivity index (χ2v) is 10.6. The van der Waals surface area contributed by atoms with Crippen LogP contribution in [0, 0.1) is 11.6 Å². The molecule has 2 saturated heterocycles. The molecule has 3 atom stereocenters. The van der Waals surface area contributed by atoms with Gasteiger partial charge in [0.05, 0.1) is 12.6 Å². The fraction of sp³-hybridized carbons (Fsp3) is 0.480. The average Bonchev–Trinajstić information content (AvgIpc) is 2.72. The van der Waals surface area contributed by atoms with E-state index < -0.39 is 35.5 Å². The molecule has 4 rings (SSSR count). The smallest absolute Gasteiger partial charge is 0.407 e. The molecular weight excluding hydrogens is 510 g/mol. The second kappa shape index (κ2) is 10.2. The number of benzene rings is 2. The minimum atomic E-state index is -0.824. The monoisotopic (exact) mass is 538 g/mol. The Hall–Kier alpha value is -2.23. The van der Waals surface area contributed by atoms with Gasteiger partial charge in [-0.3, -0.25) is 4.90 Å². The normalized spacial score (nSPS) is 23.8. The Kier molecular flexibility index (Phi) is 7.45. The van der Waals surface area contributed by atoms with Crippen LogP contribution >= 0.6 is 15.9 Å². The number of alkyl carbamates (subject to hydrolysis) is 1. The van der Waals surface area contributed by atoms with Crippen LogP contribution in [0.25, 0.3) is 0 Å². The molecule has 2 aliphatic rings. The van der Waals surface area contributed by atoms with Gasteiger partial charge in [-0.15, -0.1) is 0 Å². The van der Waals surface area contributed by atoms with Crippen molar-refractivity contribution < 1.29 is 27.8 Å². The van der Waals surface area contributed by atoms with Crippen molar-refractivity contribution in [2.24, 2.45) is 0 Å². The Bertz CT molecular complexity index is 1010. The van der Waals surface area contributed by atoms with E-state index in [2.05, 4.69) is 26.1 Å². The lowest BCUT2D eigenvalue weighted by molar-refractivity contribution is -0.0969. The molecule has 2 aromatic carbocycles. The Morgan fingerprint density at radius 3 is 2.53 bits per heavy atom. The molecule has 2 heterocycles. The van der Waals surface area contributed by atoms with Gasteiger partial charge in [-0.2, -0.15) is 0 Å². The zero-order valence-electron chi connectivity index (χ0n) is 19.4. The molecule has 0 unspecified atom stereocenters. The lowest BCUT2D eigenvalue weighted by atomic mass is 9.91. The van der Waals surface area contributed by atoms with Crippen LogP contribution in [0.3, 0.4) is 0 Å². The number of rotatable bonds is 5. The van der Waals surface area contributed by atoms with E-state index in [1.54, 1.807) is 20.8 Å². The van der Waals surface area contributed by atoms with Gasteiger partial charge in [0.25, 0.3) is 0 Å². The third-order valence-corrected chi connectivity index (χ3v) is 6.36. The van der Waals surface area contributed by atoms with Crippen LogP contribution in [-0.4, -0.2) is 54.5 Å². The number of nitrogens with zero attached hydrogens (tertiary/aromatic N) is 1. The van der Waals surface area contributed by atoms with Crippen LogP contribution in [0.4, 0.5) is 13.6 Å². The van der Waals surface area contributed by atoms with Gasteiger partial charge in [0.2, 0.25) is 0 Å². The van der Waals surface area contributed by atoms with Gasteiger partial charge >= 0.3 is 6.09 Å². The molecule has 0 spiro atoms. The minimum absolute atomic E-state index is 0.00225. The topological polar surface area (TPSA) is 60.0 Å². The molecule has 34 heavy (non-hydrogen) atoms. The molecule has 1 N–H and O–H groups in total. The number of ether oxygens (including phenoxy) is 3. The van der Waals surface area contributed by atoms with Crippen molar-refractivity contribution in [3.63, 3.8) is 0 Å². The highest BCUT2D eigenvalue weighted by atomic mass is 79.9. The zero-order valence-corrected chi connectivity index (χ0v) is 21.0. The summed E-state index contributed by atoms with van der Waals surface area (Å²) in [5.74, 6) is -0.333. The summed E-state index contributed by atoms with van der Waals surface area (Å²) in [6.07, 6.45) is -0.888. The molecule has 184 valence electrons. The third kappa shape index (κ3) is 6.25. The molecule has 1 amide bonds. The van der Waals surface area contributed by atoms with Crippen molar-refractivity contribution in [2.45, 2.75) is 57.1 Å². The molecular formula is C25H29BrF2N2O4. The third-order valence-electron chi connectivity index (χ3n) is 5.84. The largest absolute Gasteiger partial charge is 0.488 e. The van der Waals surface area contributed by atoms with E-state index in [1.165, 1.54) is 0 Å². The maximum atomic E-state index is 14.5. The summed E-state index contributed by atoms with van der Waals surface area (Å²) < 4.78 is 46.8. The molecule has 0 aliphatic carbocycles. The Morgan fingerprint density at radius 2 is 1.85 bits per heavy atom. The lowest BCUT2D eigenvalue weighted by Gasteiger charge is -2.48. The van der Waals surface area contributed by atoms with Crippen molar-refractivity contribution >= 4 is 22.0 Å². The molecule has 2 aromatic rings. The van der Waals surface area contributed by atoms with E-state index in [0.717, 1.165) is 28.4 Å². The summed E-state index contributed by atoms with van der Waals surface area (Å²) in [4.78, 5) is 14.7. The Labute approximate surface area is 206 Å². The number of amides is 1. The van der Waals surface area contributed by atoms with Gasteiger partial charge in [-0.25, -0.2) is 13.6 Å². The fourth-order valence-corrected chi connectivity index (χ4v) is 4.52. The molecule has 0 radical (unpaired) electrons. The molecule has 9 heteroatoms. The number of likely N-dealkylation sites (tertiary alicyclic amines) is 1. The van der Waals surface area contributed by atoms with E-state index >= 15 is 0 Å². The maximum Gasteiger partial charge on any atom is 0.407 e. The Balaban J connectivity index is 1.42. The first-order valence-electron chi connectivity index (χ1n) is 11.3. The average molecular weight is 539 g/mol. The van der Waals surface area contributed by atoms with Crippen LogP contribution in [0.5, 0.6) is 5.75 Å². The zero-order chi connectivity index (χ0) is 24.5. The van der Waals surface area contributed by atoms with Crippen LogP contribution in [-0.2, 0) is 9.47 Å². The van der Waals surface area contributed by atoms with Crippen molar-refractivity contribution in [2.75, 3.05) is 19.7 Å². The van der Waals surface area contributed by atoms with Gasteiger partial charge in [-0.05, 0) is 69.7 Å². The highest BCUT2D eigenvalue weighted by Gasteiger charge is 2.42. The maximum absolute atomic E-state index is 14.5. The van der Waals surface area contributed by atoms with E-state index in [4.69, 9.17) is 14.2 Å². The number of hydrogen-bond acceptors (Lipinski definition) is 5. The van der Waals surface area contributed by atoms with Crippen LogP contribution in [0.2, 0.25) is 0 Å². The molecule has 0 saturated carbocycles. The molecule has 0 aromatic heterocycles. The molecule has 0 bridgehead atoms. The SMILES string of the molecule is CC(C)(C)OC(=O)N[C@H]1C[C@H](N2CC(Oc3ccc(Br)cc3)C2)CO[C@@H]1c1cc(F)ccc1F. The van der Waals surface area contributed by atoms with Gasteiger partial charge in [-0.1, -0.05) is 15.9 Å². The highest BCUT2D eigenvalue weighted by Crippen LogP contribution is 2.34. The van der Waals surface area contributed by atoms with Crippen LogP contribution in [0.1, 0.15) is 38.9 Å². The van der Waals surface area contributed by atoms with Crippen LogP contribution < -0.4 is 10.1 Å². The van der Waals surface area contributed by atoms with Crippen molar-refractivity contribution in [1.29, 1.82) is 0 Å². The number of halogens is 3. The predicted octanol–water partition coefficient (Wildman–Crippen LogP) is 5.21. The van der Waals surface area contributed by atoms with E-state index in [1.807, 2.05) is 24.3 Å². The predicted molar refractivity (Wildman–Crippen MR) is 127 cm³/mol. The summed E-state index contributed by atoms with van der Waals surface area (Å²) in [5.41, 5.74) is -0.604. The summed E-state index contributed by atoms with van der Waals surface area (Å²) in [7, 11) is 0. The summed E-state index contributed by atoms with van der Waals surface area (Å²) in [6.45, 7) is 7.05. The first-order valence-corrected chi connectivity index (χ1v) is 12.1. The fourth-order valence-electron chi connectivity index (χ4n) is 4.25. The van der Waals surface area contributed by atoms with E-state index in [-0.39, 0.29) is 17.7 Å². The molecule has 6 nitrogen and oxygen atoms in total. The standard InChI is InChI=1S/C25H29BrF2N2O4/c1-25(2,3)34-24(31)29-22-11-17(14-32-23(22)20-10-16(27)6-9-21(20)28)30-12-19(13-30)33-18-7-4-15(26)5-8-18/h4-10,17,19,22-23H,11-14H2,1-3H3,(H,29,31)/t17-,22-,23+/m0/s1. The Morgan fingerprint density at radius 1 is 1.15 bits per heavy atom. The summed E-state index contributed by atoms with van der Waals surface area (Å²) in [6, 6.07) is 10.4. The highest BCUT2D eigenvalue weighted by molar-refractivity contribution is 9.10. The van der Waals surface area contributed by atoms with Crippen molar-refractivity contribution in [3.05, 3.63) is 64.1 Å².